The van der Waals surface area contributed by atoms with Gasteiger partial charge in [-0.2, -0.15) is 17.5 Å². The minimum Gasteiger partial charge on any atom is -0.343 e. The van der Waals surface area contributed by atoms with E-state index in [4.69, 9.17) is 0 Å². The molecule has 5 nitrogen and oxygen atoms in total. The summed E-state index contributed by atoms with van der Waals surface area (Å²) >= 11 is 0. The Morgan fingerprint density at radius 1 is 1.17 bits per heavy atom. The van der Waals surface area contributed by atoms with Gasteiger partial charge in [-0.15, -0.1) is 0 Å². The van der Waals surface area contributed by atoms with Gasteiger partial charge in [-0.1, -0.05) is 6.42 Å². The molecule has 0 radical (unpaired) electrons. The van der Waals surface area contributed by atoms with Crippen LogP contribution >= 0.6 is 0 Å². The second kappa shape index (κ2) is 8.64. The molecule has 1 atom stereocenters. The Morgan fingerprint density at radius 3 is 2.33 bits per heavy atom. The molecule has 0 spiro atoms. The highest BCUT2D eigenvalue weighted by molar-refractivity contribution is 7.93. The van der Waals surface area contributed by atoms with Crippen LogP contribution in [0.1, 0.15) is 54.4 Å². The summed E-state index contributed by atoms with van der Waals surface area (Å²) in [6, 6.07) is 1.47. The van der Waals surface area contributed by atoms with Crippen molar-refractivity contribution in [2.75, 3.05) is 19.3 Å². The summed E-state index contributed by atoms with van der Waals surface area (Å²) in [5.74, 6) is -1.90. The van der Waals surface area contributed by atoms with E-state index in [1.165, 1.54) is 6.26 Å². The summed E-state index contributed by atoms with van der Waals surface area (Å²) in [5.41, 5.74) is -2.03. The number of nitrogens with zero attached hydrogens (tertiary/aromatic N) is 2. The van der Waals surface area contributed by atoms with E-state index in [9.17, 15) is 31.4 Å². The number of hydrogen-bond donors (Lipinski definition) is 0. The van der Waals surface area contributed by atoms with Crippen molar-refractivity contribution in [2.45, 2.75) is 50.0 Å². The van der Waals surface area contributed by atoms with E-state index < -0.39 is 44.0 Å². The first kappa shape index (κ1) is 22.7. The van der Waals surface area contributed by atoms with Gasteiger partial charge in [0, 0.05) is 31.0 Å². The number of benzene rings is 1. The van der Waals surface area contributed by atoms with Gasteiger partial charge in [0.1, 0.15) is 5.82 Å². The molecule has 1 heterocycles. The average molecular weight is 448 g/mol. The lowest BCUT2D eigenvalue weighted by Crippen LogP contribution is -2.43. The van der Waals surface area contributed by atoms with Crippen molar-refractivity contribution in [3.8, 4) is 0 Å². The van der Waals surface area contributed by atoms with Gasteiger partial charge in [0.05, 0.1) is 20.9 Å². The molecule has 0 N–H and O–H groups in total. The fourth-order valence-corrected chi connectivity index (χ4v) is 5.43. The maximum absolute atomic E-state index is 13.9. The number of rotatable bonds is 4. The number of amides is 2. The van der Waals surface area contributed by atoms with E-state index in [1.807, 2.05) is 0 Å². The summed E-state index contributed by atoms with van der Waals surface area (Å²) in [5, 5.41) is -0.497. The number of likely N-dealkylation sites (tertiary alicyclic amines) is 1. The fraction of sp³-hybridized carbons (Fsp3) is 0.600. The Labute approximate surface area is 173 Å². The number of carbonyl (C=O) groups is 2. The third kappa shape index (κ3) is 5.19. The molecular weight excluding hydrogens is 424 g/mol. The van der Waals surface area contributed by atoms with E-state index in [2.05, 4.69) is 4.36 Å². The second-order valence-corrected chi connectivity index (χ2v) is 10.6. The molecule has 30 heavy (non-hydrogen) atoms. The molecule has 1 saturated carbocycles. The molecule has 1 aliphatic carbocycles. The Kier molecular flexibility index (Phi) is 6.54. The zero-order chi connectivity index (χ0) is 22.1. The lowest BCUT2D eigenvalue weighted by atomic mass is 9.82. The van der Waals surface area contributed by atoms with Gasteiger partial charge in [-0.05, 0) is 49.8 Å². The maximum Gasteiger partial charge on any atom is 0.416 e. The molecule has 10 heteroatoms. The predicted molar refractivity (Wildman–Crippen MR) is 104 cm³/mol. The Balaban J connectivity index is 1.69. The molecular formula is C20H24F4N2O3S. The zero-order valence-corrected chi connectivity index (χ0v) is 17.4. The lowest BCUT2D eigenvalue weighted by molar-refractivity contribution is -0.137. The van der Waals surface area contributed by atoms with Gasteiger partial charge in [0.25, 0.3) is 5.91 Å². The van der Waals surface area contributed by atoms with E-state index in [1.54, 1.807) is 4.90 Å². The van der Waals surface area contributed by atoms with Crippen molar-refractivity contribution in [2.24, 2.45) is 10.3 Å². The van der Waals surface area contributed by atoms with Gasteiger partial charge >= 0.3 is 6.18 Å². The van der Waals surface area contributed by atoms with Crippen molar-refractivity contribution in [1.29, 1.82) is 0 Å². The maximum atomic E-state index is 13.9. The van der Waals surface area contributed by atoms with Crippen molar-refractivity contribution in [3.05, 3.63) is 35.1 Å². The quantitative estimate of drug-likeness (QED) is 0.647. The highest BCUT2D eigenvalue weighted by atomic mass is 32.2. The van der Waals surface area contributed by atoms with Gasteiger partial charge in [0.15, 0.2) is 0 Å². The topological polar surface area (TPSA) is 66.8 Å². The number of hydrogen-bond acceptors (Lipinski definition) is 3. The minimum atomic E-state index is -4.74. The monoisotopic (exact) mass is 448 g/mol. The van der Waals surface area contributed by atoms with Crippen molar-refractivity contribution in [3.63, 3.8) is 0 Å². The number of carbonyl (C=O) groups excluding carboxylic acids is 2. The SMILES string of the molecule is CS(=O)(=NC(=O)c1cc(C(F)(F)F)ccc1F)C1CCN(C(=O)CC2CCC2)CC1. The van der Waals surface area contributed by atoms with E-state index in [0.29, 0.717) is 56.5 Å². The van der Waals surface area contributed by atoms with Gasteiger partial charge in [-0.25, -0.2) is 8.60 Å². The smallest absolute Gasteiger partial charge is 0.343 e. The van der Waals surface area contributed by atoms with Crippen molar-refractivity contribution < 1.29 is 31.4 Å². The van der Waals surface area contributed by atoms with Crippen LogP contribution < -0.4 is 0 Å². The first-order valence-corrected chi connectivity index (χ1v) is 11.9. The van der Waals surface area contributed by atoms with Crippen LogP contribution in [0.3, 0.4) is 0 Å². The summed E-state index contributed by atoms with van der Waals surface area (Å²) < 4.78 is 69.1. The standard InChI is InChI=1S/C20H24F4N2O3S/c1-30(29,15-7-9-26(10-8-15)18(27)11-13-3-2-4-13)25-19(28)16-12-14(20(22,23)24)5-6-17(16)21/h5-6,12-13,15H,2-4,7-11H2,1H3. The van der Waals surface area contributed by atoms with E-state index in [0.717, 1.165) is 19.3 Å². The van der Waals surface area contributed by atoms with E-state index in [-0.39, 0.29) is 5.91 Å². The summed E-state index contributed by atoms with van der Waals surface area (Å²) in [6.45, 7) is 0.783. The first-order chi connectivity index (χ1) is 14.0. The van der Waals surface area contributed by atoms with Crippen LogP contribution in [0, 0.1) is 11.7 Å². The molecule has 166 valence electrons. The van der Waals surface area contributed by atoms with Crippen molar-refractivity contribution in [1.82, 2.24) is 4.90 Å². The van der Waals surface area contributed by atoms with Crippen LogP contribution in [0.15, 0.2) is 22.6 Å². The number of alkyl halides is 3. The van der Waals surface area contributed by atoms with Gasteiger partial charge in [0.2, 0.25) is 5.91 Å². The molecule has 2 fully saturated rings. The average Bonchev–Trinajstić information content (AvgIpc) is 2.63. The molecule has 0 bridgehead atoms. The Hall–Kier alpha value is -1.97. The number of halogens is 4. The van der Waals surface area contributed by atoms with Gasteiger partial charge < -0.3 is 4.90 Å². The molecule has 2 amide bonds. The van der Waals surface area contributed by atoms with Gasteiger partial charge in [-0.3, -0.25) is 9.59 Å². The largest absolute Gasteiger partial charge is 0.416 e. The third-order valence-electron chi connectivity index (χ3n) is 5.89. The Morgan fingerprint density at radius 2 is 1.80 bits per heavy atom. The van der Waals surface area contributed by atoms with Crippen LogP contribution in [0.2, 0.25) is 0 Å². The fourth-order valence-electron chi connectivity index (χ4n) is 3.77. The van der Waals surface area contributed by atoms with Crippen LogP contribution in [0.25, 0.3) is 0 Å². The van der Waals surface area contributed by atoms with Crippen LogP contribution in [-0.4, -0.2) is 45.5 Å². The molecule has 1 saturated heterocycles. The molecule has 1 unspecified atom stereocenters. The normalized spacial score (nSPS) is 20.4. The highest BCUT2D eigenvalue weighted by Crippen LogP contribution is 2.32. The zero-order valence-electron chi connectivity index (χ0n) is 16.6. The molecule has 2 aliphatic rings. The predicted octanol–water partition coefficient (Wildman–Crippen LogP) is 4.26. The van der Waals surface area contributed by atoms with Crippen molar-refractivity contribution >= 4 is 21.5 Å². The van der Waals surface area contributed by atoms with E-state index >= 15 is 0 Å². The summed E-state index contributed by atoms with van der Waals surface area (Å²) in [7, 11) is -3.12. The third-order valence-corrected chi connectivity index (χ3v) is 8.13. The lowest BCUT2D eigenvalue weighted by Gasteiger charge is -2.34. The second-order valence-electron chi connectivity index (χ2n) is 8.03. The first-order valence-electron chi connectivity index (χ1n) is 9.87. The minimum absolute atomic E-state index is 0.0693. The molecule has 1 aromatic rings. The molecule has 3 rings (SSSR count). The molecule has 0 aromatic heterocycles. The molecule has 1 aliphatic heterocycles. The van der Waals surface area contributed by atoms with Crippen LogP contribution in [-0.2, 0) is 20.7 Å². The molecule has 1 aromatic carbocycles. The number of piperidine rings is 1. The summed E-state index contributed by atoms with van der Waals surface area (Å²) in [6.07, 6.45) is 1.06. The summed E-state index contributed by atoms with van der Waals surface area (Å²) in [4.78, 5) is 26.4. The highest BCUT2D eigenvalue weighted by Gasteiger charge is 2.33. The Bertz CT molecular complexity index is 942. The van der Waals surface area contributed by atoms with Crippen LogP contribution in [0.5, 0.6) is 0 Å². The van der Waals surface area contributed by atoms with Crippen LogP contribution in [0.4, 0.5) is 17.6 Å².